The summed E-state index contributed by atoms with van der Waals surface area (Å²) in [6.07, 6.45) is 0. The van der Waals surface area contributed by atoms with Crippen molar-refractivity contribution in [2.24, 2.45) is 0 Å². The van der Waals surface area contributed by atoms with Crippen LogP contribution in [0.3, 0.4) is 0 Å². The molecular weight excluding hydrogens is 447 g/mol. The van der Waals surface area contributed by atoms with E-state index < -0.39 is 29.6 Å². The van der Waals surface area contributed by atoms with Crippen LogP contribution in [0.1, 0.15) is 12.5 Å². The first-order valence-electron chi connectivity index (χ1n) is 8.77. The molecule has 0 bridgehead atoms. The quantitative estimate of drug-likeness (QED) is 0.524. The van der Waals surface area contributed by atoms with Crippen molar-refractivity contribution in [3.05, 3.63) is 73.1 Å². The van der Waals surface area contributed by atoms with Gasteiger partial charge in [0.15, 0.2) is 0 Å². The van der Waals surface area contributed by atoms with Gasteiger partial charge in [0.25, 0.3) is 5.56 Å². The number of para-hydroxylation sites is 1. The van der Waals surface area contributed by atoms with Gasteiger partial charge in [-0.15, -0.1) is 0 Å². The smallest absolute Gasteiger partial charge is 0.332 e. The molecule has 1 aromatic heterocycles. The summed E-state index contributed by atoms with van der Waals surface area (Å²) >= 11 is 3.17. The molecule has 7 nitrogen and oxygen atoms in total. The van der Waals surface area contributed by atoms with Crippen LogP contribution in [0.25, 0.3) is 10.9 Å². The third kappa shape index (κ3) is 4.09. The second-order valence-corrected chi connectivity index (χ2v) is 7.07. The highest BCUT2D eigenvalue weighted by atomic mass is 79.9. The molecule has 3 aromatic rings. The van der Waals surface area contributed by atoms with Crippen LogP contribution < -0.4 is 16.0 Å². The summed E-state index contributed by atoms with van der Waals surface area (Å²) in [7, 11) is 1.40. The summed E-state index contributed by atoms with van der Waals surface area (Å²) in [5, 5.41) is 0.172. The first-order valence-corrected chi connectivity index (χ1v) is 9.56. The average molecular weight is 465 g/mol. The number of hydrogen-bond acceptors (Lipinski definition) is 5. The van der Waals surface area contributed by atoms with Crippen molar-refractivity contribution in [3.63, 3.8) is 0 Å². The molecule has 0 aliphatic heterocycles. The van der Waals surface area contributed by atoms with Crippen LogP contribution in [-0.4, -0.2) is 28.8 Å². The number of rotatable bonds is 6. The zero-order valence-electron chi connectivity index (χ0n) is 15.8. The lowest BCUT2D eigenvalue weighted by atomic mass is 10.2. The molecule has 0 unspecified atom stereocenters. The van der Waals surface area contributed by atoms with Gasteiger partial charge < -0.3 is 9.47 Å². The number of benzene rings is 2. The number of carbonyl (C=O) groups excluding carboxylic acids is 1. The highest BCUT2D eigenvalue weighted by molar-refractivity contribution is 9.10. The zero-order chi connectivity index (χ0) is 21.1. The molecule has 0 radical (unpaired) electrons. The summed E-state index contributed by atoms with van der Waals surface area (Å²) in [5.41, 5.74) is -1.02. The lowest BCUT2D eigenvalue weighted by molar-refractivity contribution is -0.143. The van der Waals surface area contributed by atoms with Crippen molar-refractivity contribution in [2.45, 2.75) is 20.0 Å². The number of fused-ring (bicyclic) bond motifs is 1. The number of methoxy groups -OCH3 is 1. The summed E-state index contributed by atoms with van der Waals surface area (Å²) in [5.74, 6) is -0.932. The minimum absolute atomic E-state index is 0.145. The van der Waals surface area contributed by atoms with Crippen LogP contribution in [0, 0.1) is 5.82 Å². The molecule has 3 rings (SSSR count). The SMILES string of the molecule is CCOC(=O)Cn1c(=O)n(Cc2ccc(Br)cc2F)c(=O)c2cccc(OC)c21. The molecule has 0 saturated carbocycles. The van der Waals surface area contributed by atoms with Gasteiger partial charge in [0, 0.05) is 10.0 Å². The molecule has 0 saturated heterocycles. The molecule has 0 spiro atoms. The van der Waals surface area contributed by atoms with Crippen molar-refractivity contribution in [1.29, 1.82) is 0 Å². The fourth-order valence-electron chi connectivity index (χ4n) is 3.05. The van der Waals surface area contributed by atoms with Gasteiger partial charge >= 0.3 is 11.7 Å². The lowest BCUT2D eigenvalue weighted by Gasteiger charge is -2.16. The second kappa shape index (κ2) is 8.60. The van der Waals surface area contributed by atoms with Crippen molar-refractivity contribution in [1.82, 2.24) is 9.13 Å². The Balaban J connectivity index is 2.27. The highest BCUT2D eigenvalue weighted by Crippen LogP contribution is 2.22. The van der Waals surface area contributed by atoms with Crippen LogP contribution in [-0.2, 0) is 22.6 Å². The number of carbonyl (C=O) groups is 1. The van der Waals surface area contributed by atoms with Gasteiger partial charge in [-0.1, -0.05) is 28.1 Å². The highest BCUT2D eigenvalue weighted by Gasteiger charge is 2.19. The van der Waals surface area contributed by atoms with Crippen LogP contribution in [0.15, 0.2) is 50.5 Å². The molecule has 1 heterocycles. The van der Waals surface area contributed by atoms with E-state index in [1.165, 1.54) is 25.3 Å². The number of esters is 1. The number of ether oxygens (including phenoxy) is 2. The zero-order valence-corrected chi connectivity index (χ0v) is 17.4. The van der Waals surface area contributed by atoms with Crippen molar-refractivity contribution >= 4 is 32.8 Å². The van der Waals surface area contributed by atoms with E-state index in [9.17, 15) is 18.8 Å². The molecule has 152 valence electrons. The number of hydrogen-bond donors (Lipinski definition) is 0. The summed E-state index contributed by atoms with van der Waals surface area (Å²) in [4.78, 5) is 38.2. The maximum Gasteiger partial charge on any atom is 0.332 e. The van der Waals surface area contributed by atoms with E-state index in [2.05, 4.69) is 15.9 Å². The predicted octanol–water partition coefficient (Wildman–Crippen LogP) is 2.68. The summed E-state index contributed by atoms with van der Waals surface area (Å²) < 4.78 is 27.1. The Hall–Kier alpha value is -2.94. The Labute approximate surface area is 173 Å². The van der Waals surface area contributed by atoms with E-state index in [4.69, 9.17) is 9.47 Å². The molecule has 29 heavy (non-hydrogen) atoms. The molecule has 0 amide bonds. The summed E-state index contributed by atoms with van der Waals surface area (Å²) in [6, 6.07) is 9.06. The van der Waals surface area contributed by atoms with Gasteiger partial charge in [-0.3, -0.25) is 18.7 Å². The van der Waals surface area contributed by atoms with Gasteiger partial charge in [-0.25, -0.2) is 9.18 Å². The van der Waals surface area contributed by atoms with Gasteiger partial charge in [-0.05, 0) is 31.2 Å². The fraction of sp³-hybridized carbons (Fsp3) is 0.250. The lowest BCUT2D eigenvalue weighted by Crippen LogP contribution is -2.41. The number of halogens is 2. The van der Waals surface area contributed by atoms with E-state index in [-0.39, 0.29) is 35.4 Å². The first-order chi connectivity index (χ1) is 13.9. The van der Waals surface area contributed by atoms with E-state index in [0.29, 0.717) is 4.47 Å². The molecule has 2 aromatic carbocycles. The monoisotopic (exact) mass is 464 g/mol. The number of nitrogens with zero attached hydrogens (tertiary/aromatic N) is 2. The van der Waals surface area contributed by atoms with E-state index in [0.717, 1.165) is 9.13 Å². The standard InChI is InChI=1S/C20H18BrFN2O5/c1-3-29-17(25)11-23-18-14(5-4-6-16(18)28-2)19(26)24(20(23)27)10-12-7-8-13(21)9-15(12)22/h4-9H,3,10-11H2,1-2H3. The maximum atomic E-state index is 14.3. The first kappa shape index (κ1) is 20.8. The number of aromatic nitrogens is 2. The van der Waals surface area contributed by atoms with E-state index >= 15 is 0 Å². The molecule has 0 aliphatic rings. The molecule has 0 fully saturated rings. The van der Waals surface area contributed by atoms with Gasteiger partial charge in [0.2, 0.25) is 0 Å². The molecule has 0 N–H and O–H groups in total. The van der Waals surface area contributed by atoms with Crippen molar-refractivity contribution in [3.8, 4) is 5.75 Å². The average Bonchev–Trinajstić information content (AvgIpc) is 2.69. The van der Waals surface area contributed by atoms with Crippen LogP contribution >= 0.6 is 15.9 Å². The molecule has 0 atom stereocenters. The predicted molar refractivity (Wildman–Crippen MR) is 109 cm³/mol. The minimum Gasteiger partial charge on any atom is -0.495 e. The minimum atomic E-state index is -0.762. The van der Waals surface area contributed by atoms with Crippen LogP contribution in [0.4, 0.5) is 4.39 Å². The van der Waals surface area contributed by atoms with E-state index in [1.807, 2.05) is 0 Å². The van der Waals surface area contributed by atoms with Gasteiger partial charge in [0.05, 0.1) is 25.6 Å². The van der Waals surface area contributed by atoms with Crippen LogP contribution in [0.2, 0.25) is 0 Å². The Kier molecular flexibility index (Phi) is 6.17. The largest absolute Gasteiger partial charge is 0.495 e. The Bertz CT molecular complexity index is 1200. The second-order valence-electron chi connectivity index (χ2n) is 6.16. The molecule has 9 heteroatoms. The summed E-state index contributed by atoms with van der Waals surface area (Å²) in [6.45, 7) is 1.10. The Morgan fingerprint density at radius 3 is 2.59 bits per heavy atom. The maximum absolute atomic E-state index is 14.3. The Morgan fingerprint density at radius 1 is 1.17 bits per heavy atom. The normalized spacial score (nSPS) is 10.9. The fourth-order valence-corrected chi connectivity index (χ4v) is 3.39. The van der Waals surface area contributed by atoms with Gasteiger partial charge in [-0.2, -0.15) is 0 Å². The Morgan fingerprint density at radius 2 is 1.93 bits per heavy atom. The third-order valence-electron chi connectivity index (χ3n) is 4.36. The topological polar surface area (TPSA) is 79.5 Å². The van der Waals surface area contributed by atoms with Crippen molar-refractivity contribution < 1.29 is 18.7 Å². The third-order valence-corrected chi connectivity index (χ3v) is 4.86. The van der Waals surface area contributed by atoms with Gasteiger partial charge in [0.1, 0.15) is 23.6 Å². The van der Waals surface area contributed by atoms with Crippen molar-refractivity contribution in [2.75, 3.05) is 13.7 Å². The van der Waals surface area contributed by atoms with E-state index in [1.54, 1.807) is 25.1 Å². The van der Waals surface area contributed by atoms with Crippen LogP contribution in [0.5, 0.6) is 5.75 Å². The molecule has 0 aliphatic carbocycles. The molecular formula is C20H18BrFN2O5.